The molecule has 6 N–H and O–H groups in total. The van der Waals surface area contributed by atoms with Crippen LogP contribution in [0.1, 0.15) is 41.2 Å². The lowest BCUT2D eigenvalue weighted by Crippen LogP contribution is -2.32. The van der Waals surface area contributed by atoms with Crippen molar-refractivity contribution in [1.82, 2.24) is 24.5 Å². The van der Waals surface area contributed by atoms with Gasteiger partial charge in [0.1, 0.15) is 42.1 Å². The Morgan fingerprint density at radius 1 is 1.02 bits per heavy atom. The van der Waals surface area contributed by atoms with E-state index in [1.54, 1.807) is 10.6 Å². The predicted molar refractivity (Wildman–Crippen MR) is 141 cm³/mol. The molecule has 20 heteroatoms. The molecule has 0 saturated carbocycles. The molecule has 3 aliphatic heterocycles. The number of hydrogen-bond donors (Lipinski definition) is 4. The number of rotatable bonds is 3. The minimum absolute atomic E-state index is 0.0301. The van der Waals surface area contributed by atoms with Gasteiger partial charge in [0, 0.05) is 19.0 Å². The van der Waals surface area contributed by atoms with Gasteiger partial charge in [-0.1, -0.05) is 0 Å². The van der Waals surface area contributed by atoms with E-state index in [2.05, 4.69) is 19.9 Å². The molecule has 3 fully saturated rings. The molecule has 3 saturated heterocycles. The lowest BCUT2D eigenvalue weighted by atomic mass is 10.0. The monoisotopic (exact) mass is 629 g/mol. The number of ether oxygens (including phenoxy) is 2. The fourth-order valence-electron chi connectivity index (χ4n) is 4.92. The maximum absolute atomic E-state index is 13.0. The predicted octanol–water partition coefficient (Wildman–Crippen LogP) is 0.854. The van der Waals surface area contributed by atoms with Crippen LogP contribution in [0.3, 0.4) is 0 Å². The number of nitrogens with zero attached hydrogens (tertiary/aromatic N) is 5. The zero-order chi connectivity index (χ0) is 28.9. The molecule has 6 heterocycles. The third kappa shape index (κ3) is 6.04. The Balaban J connectivity index is 1.22. The summed E-state index contributed by atoms with van der Waals surface area (Å²) in [6, 6.07) is 3.09. The molecule has 0 bridgehead atoms. The van der Waals surface area contributed by atoms with Crippen molar-refractivity contribution in [2.75, 3.05) is 18.9 Å². The van der Waals surface area contributed by atoms with E-state index in [0.29, 0.717) is 16.7 Å². The molecule has 3 aromatic heterocycles. The van der Waals surface area contributed by atoms with Crippen LogP contribution in [0.5, 0.6) is 0 Å². The third-order valence-electron chi connectivity index (χ3n) is 6.83. The Morgan fingerprint density at radius 2 is 1.78 bits per heavy atom. The molecule has 41 heavy (non-hydrogen) atoms. The molecule has 17 nitrogen and oxygen atoms in total. The first-order valence-electron chi connectivity index (χ1n) is 12.3. The molecule has 0 aromatic carbocycles. The van der Waals surface area contributed by atoms with Gasteiger partial charge in [-0.25, -0.2) is 19.5 Å². The Labute approximate surface area is 237 Å². The van der Waals surface area contributed by atoms with Gasteiger partial charge in [-0.05, 0) is 29.5 Å². The lowest BCUT2D eigenvalue weighted by Gasteiger charge is -2.28. The van der Waals surface area contributed by atoms with E-state index in [9.17, 15) is 19.1 Å². The van der Waals surface area contributed by atoms with Crippen molar-refractivity contribution in [1.29, 1.82) is 0 Å². The molecule has 220 valence electrons. The Kier molecular flexibility index (Phi) is 7.67. The smallest absolute Gasteiger partial charge is 0.382 e. The number of phosphoric ester groups is 1. The van der Waals surface area contributed by atoms with Crippen molar-refractivity contribution < 1.29 is 46.7 Å². The molecule has 2 unspecified atom stereocenters. The minimum atomic E-state index is -4.65. The maximum Gasteiger partial charge on any atom is 0.472 e. The van der Waals surface area contributed by atoms with Crippen LogP contribution in [0, 0.1) is 0 Å². The summed E-state index contributed by atoms with van der Waals surface area (Å²) >= 11 is 5.26. The number of pyridine rings is 1. The molecular weight excluding hydrogens is 604 g/mol. The summed E-state index contributed by atoms with van der Waals surface area (Å²) in [5.41, 5.74) is 12.5. The number of hydrogen-bond acceptors (Lipinski definition) is 14. The van der Waals surface area contributed by atoms with Gasteiger partial charge in [0.05, 0.1) is 31.7 Å². The van der Waals surface area contributed by atoms with Crippen molar-refractivity contribution in [3.8, 4) is 0 Å². The summed E-state index contributed by atoms with van der Waals surface area (Å²) in [5, 5.41) is 0. The molecule has 6 rings (SSSR count). The highest BCUT2D eigenvalue weighted by atomic mass is 32.5. The van der Waals surface area contributed by atoms with Gasteiger partial charge in [-0.2, -0.15) is 0 Å². The maximum atomic E-state index is 13.0. The van der Waals surface area contributed by atoms with Crippen molar-refractivity contribution in [3.05, 3.63) is 42.2 Å². The quantitative estimate of drug-likeness (QED) is 0.294. The summed E-state index contributed by atoms with van der Waals surface area (Å²) < 4.78 is 48.8. The van der Waals surface area contributed by atoms with Crippen molar-refractivity contribution in [2.24, 2.45) is 5.73 Å². The first kappa shape index (κ1) is 28.6. The lowest BCUT2D eigenvalue weighted by molar-refractivity contribution is -0.0562. The molecule has 0 aliphatic carbocycles. The number of phosphoric acid groups is 1. The van der Waals surface area contributed by atoms with Crippen LogP contribution in [0.2, 0.25) is 0 Å². The van der Waals surface area contributed by atoms with Crippen molar-refractivity contribution in [3.63, 3.8) is 0 Å². The van der Waals surface area contributed by atoms with Crippen LogP contribution >= 0.6 is 14.5 Å². The van der Waals surface area contributed by atoms with E-state index in [1.165, 1.54) is 24.9 Å². The summed E-state index contributed by atoms with van der Waals surface area (Å²) in [6.07, 6.45) is -0.856. The van der Waals surface area contributed by atoms with Crippen LogP contribution in [-0.2, 0) is 43.9 Å². The fraction of sp³-hybridized carbons (Fsp3) is 0.476. The number of carbonyl (C=O) groups is 1. The second-order valence-corrected chi connectivity index (χ2v) is 13.7. The number of imidazole rings is 1. The van der Waals surface area contributed by atoms with Crippen LogP contribution in [0.4, 0.5) is 5.82 Å². The first-order chi connectivity index (χ1) is 19.5. The van der Waals surface area contributed by atoms with Crippen LogP contribution in [0.15, 0.2) is 31.0 Å². The SMILES string of the molecule is NC(=O)c1cc([C@H]2C[C@@H]3OP(O)(=S)OC[C@H]4O[C@@H](n5cnc6c(N)ncnc65)C[C@@H]4OP(=O)(O)OC[C@H]3O2)ccn1. The average molecular weight is 629 g/mol. The van der Waals surface area contributed by atoms with E-state index in [-0.39, 0.29) is 31.0 Å². The van der Waals surface area contributed by atoms with Gasteiger partial charge < -0.3 is 39.8 Å². The summed E-state index contributed by atoms with van der Waals surface area (Å²) in [5.74, 6) is -0.543. The second kappa shape index (κ2) is 11.0. The van der Waals surface area contributed by atoms with Crippen molar-refractivity contribution in [2.45, 2.75) is 49.6 Å². The second-order valence-electron chi connectivity index (χ2n) is 9.50. The standard InChI is InChI=1S/C21H25N7O10P2S/c22-19-18-21(26-8-25-19)28(9-27-18)17-5-14-16(36-17)7-34-40(32,41)38-13-4-12(10-1-2-24-11(3-10)20(23)29)35-15(13)6-33-39(30,31)37-14/h1-3,8-9,12-17H,4-7H2,(H2,23,29)(H,30,31)(H,32,41)(H2,22,25,26)/t12-,13+,14+,15-,16-,17-,40?/m1/s1. The van der Waals surface area contributed by atoms with E-state index < -0.39 is 63.8 Å². The number of amides is 1. The molecule has 0 spiro atoms. The van der Waals surface area contributed by atoms with E-state index in [0.717, 1.165) is 0 Å². The molecule has 0 radical (unpaired) electrons. The number of primary amides is 1. The molecule has 3 aromatic rings. The number of fused-ring (bicyclic) bond motifs is 3. The van der Waals surface area contributed by atoms with Crippen LogP contribution in [-0.4, -0.2) is 77.8 Å². The fourth-order valence-corrected chi connectivity index (χ4v) is 7.36. The highest BCUT2D eigenvalue weighted by Crippen LogP contribution is 2.54. The summed E-state index contributed by atoms with van der Waals surface area (Å²) in [4.78, 5) is 49.3. The molecule has 8 atom stereocenters. The van der Waals surface area contributed by atoms with E-state index >= 15 is 0 Å². The Bertz CT molecular complexity index is 1580. The third-order valence-corrected chi connectivity index (χ3v) is 9.43. The van der Waals surface area contributed by atoms with Gasteiger partial charge >= 0.3 is 14.5 Å². The highest BCUT2D eigenvalue weighted by Gasteiger charge is 2.46. The van der Waals surface area contributed by atoms with Crippen LogP contribution < -0.4 is 11.5 Å². The van der Waals surface area contributed by atoms with Gasteiger partial charge in [0.25, 0.3) is 5.91 Å². The summed E-state index contributed by atoms with van der Waals surface area (Å²) in [7, 11) is -4.65. The van der Waals surface area contributed by atoms with E-state index in [4.69, 9.17) is 50.8 Å². The first-order valence-corrected chi connectivity index (χ1v) is 16.4. The Hall–Kier alpha value is -2.47. The molecule has 3 aliphatic rings. The highest BCUT2D eigenvalue weighted by molar-refractivity contribution is 8.07. The zero-order valence-electron chi connectivity index (χ0n) is 21.0. The minimum Gasteiger partial charge on any atom is -0.382 e. The normalized spacial score (nSPS) is 36.2. The molecular formula is C21H25N7O10P2S. The van der Waals surface area contributed by atoms with Gasteiger partial charge in [-0.3, -0.25) is 23.4 Å². The van der Waals surface area contributed by atoms with E-state index in [1.807, 2.05) is 0 Å². The largest absolute Gasteiger partial charge is 0.472 e. The van der Waals surface area contributed by atoms with Crippen molar-refractivity contribution >= 4 is 49.2 Å². The number of aromatic nitrogens is 5. The van der Waals surface area contributed by atoms with Gasteiger partial charge in [0.15, 0.2) is 11.5 Å². The average Bonchev–Trinajstić information content (AvgIpc) is 3.63. The number of nitrogens with two attached hydrogens (primary N) is 2. The number of carbonyl (C=O) groups excluding carboxylic acids is 1. The number of nitrogen functional groups attached to an aromatic ring is 1. The zero-order valence-corrected chi connectivity index (χ0v) is 23.6. The molecule has 1 amide bonds. The Morgan fingerprint density at radius 3 is 2.59 bits per heavy atom. The van der Waals surface area contributed by atoms with Gasteiger partial charge in [0.2, 0.25) is 0 Å². The summed E-state index contributed by atoms with van der Waals surface area (Å²) in [6.45, 7) is -4.64. The number of anilines is 1. The van der Waals surface area contributed by atoms with Crippen LogP contribution in [0.25, 0.3) is 11.2 Å². The van der Waals surface area contributed by atoms with Gasteiger partial charge in [-0.15, -0.1) is 0 Å². The topological polar surface area (TPSA) is 239 Å².